The Hall–Kier alpha value is -3.02. The third-order valence-corrected chi connectivity index (χ3v) is 6.00. The van der Waals surface area contributed by atoms with Crippen LogP contribution in [-0.4, -0.2) is 29.4 Å². The third kappa shape index (κ3) is 4.70. The molecule has 0 atom stereocenters. The van der Waals surface area contributed by atoms with Crippen molar-refractivity contribution in [2.45, 2.75) is 12.6 Å². The van der Waals surface area contributed by atoms with E-state index in [9.17, 15) is 4.79 Å². The van der Waals surface area contributed by atoms with Crippen molar-refractivity contribution in [3.8, 4) is 0 Å². The number of carbonyl (C=O) groups is 1. The number of thiazole rings is 1. The van der Waals surface area contributed by atoms with Crippen LogP contribution in [0.15, 0.2) is 84.9 Å². The lowest BCUT2D eigenvalue weighted by molar-refractivity contribution is -0.677. The minimum atomic E-state index is 0.0946. The standard InChI is InChI=1S/C24H23N3OS/c1-27(17-22-26-20-14-8-9-15-21(20)29-22)23(28)16-25-24(18-10-4-2-5-11-18)19-12-6-3-7-13-19/h2-15,24-25H,16-17H2,1H3/p+1. The van der Waals surface area contributed by atoms with Gasteiger partial charge in [-0.1, -0.05) is 72.8 Å². The van der Waals surface area contributed by atoms with Crippen LogP contribution >= 0.6 is 11.3 Å². The van der Waals surface area contributed by atoms with Crippen molar-refractivity contribution >= 4 is 27.5 Å². The number of amides is 1. The number of hydrogen-bond donors (Lipinski definition) is 1. The summed E-state index contributed by atoms with van der Waals surface area (Å²) in [6.45, 7) is 0.920. The monoisotopic (exact) mass is 402 g/mol. The van der Waals surface area contributed by atoms with Crippen LogP contribution in [0.3, 0.4) is 0 Å². The summed E-state index contributed by atoms with van der Waals surface area (Å²) in [5.74, 6) is 0.0983. The molecule has 0 spiro atoms. The lowest BCUT2D eigenvalue weighted by Crippen LogP contribution is -2.87. The Morgan fingerprint density at radius 3 is 2.14 bits per heavy atom. The number of nitrogens with two attached hydrogens (primary N) is 1. The van der Waals surface area contributed by atoms with Gasteiger partial charge in [-0.25, -0.2) is 4.98 Å². The highest BCUT2D eigenvalue weighted by atomic mass is 32.1. The fourth-order valence-electron chi connectivity index (χ4n) is 3.44. The molecule has 5 heteroatoms. The van der Waals surface area contributed by atoms with Gasteiger partial charge in [0.15, 0.2) is 6.54 Å². The Balaban J connectivity index is 1.43. The van der Waals surface area contributed by atoms with Crippen LogP contribution < -0.4 is 5.32 Å². The second-order valence-electron chi connectivity index (χ2n) is 7.06. The van der Waals surface area contributed by atoms with Crippen molar-refractivity contribution in [1.29, 1.82) is 0 Å². The molecule has 0 fully saturated rings. The van der Waals surface area contributed by atoms with E-state index < -0.39 is 0 Å². The molecule has 0 aliphatic heterocycles. The van der Waals surface area contributed by atoms with Crippen LogP contribution in [0.1, 0.15) is 22.2 Å². The predicted octanol–water partition coefficient (Wildman–Crippen LogP) is 3.61. The van der Waals surface area contributed by atoms with E-state index in [2.05, 4.69) is 40.6 Å². The number of quaternary nitrogens is 1. The number of nitrogens with zero attached hydrogens (tertiary/aromatic N) is 2. The molecule has 29 heavy (non-hydrogen) atoms. The Labute approximate surface area is 174 Å². The third-order valence-electron chi connectivity index (χ3n) is 4.98. The van der Waals surface area contributed by atoms with Gasteiger partial charge in [0.2, 0.25) is 0 Å². The topological polar surface area (TPSA) is 49.8 Å². The molecule has 1 aromatic heterocycles. The molecule has 0 saturated carbocycles. The van der Waals surface area contributed by atoms with Gasteiger partial charge in [-0.15, -0.1) is 11.3 Å². The summed E-state index contributed by atoms with van der Waals surface area (Å²) in [4.78, 5) is 19.2. The average molecular weight is 403 g/mol. The van der Waals surface area contributed by atoms with E-state index in [0.29, 0.717) is 13.1 Å². The van der Waals surface area contributed by atoms with Crippen molar-refractivity contribution in [2.24, 2.45) is 0 Å². The summed E-state index contributed by atoms with van der Waals surface area (Å²) in [6, 6.07) is 28.8. The van der Waals surface area contributed by atoms with Crippen molar-refractivity contribution in [3.05, 3.63) is 101 Å². The Bertz CT molecular complexity index is 1010. The molecule has 4 aromatic rings. The minimum Gasteiger partial charge on any atom is -0.334 e. The minimum absolute atomic E-state index is 0.0946. The summed E-state index contributed by atoms with van der Waals surface area (Å²) >= 11 is 1.65. The van der Waals surface area contributed by atoms with E-state index in [1.807, 2.05) is 61.6 Å². The molecule has 0 saturated heterocycles. The van der Waals surface area contributed by atoms with Gasteiger partial charge in [0.25, 0.3) is 5.91 Å². The first-order chi connectivity index (χ1) is 14.2. The normalized spacial score (nSPS) is 11.1. The maximum atomic E-state index is 12.8. The zero-order valence-corrected chi connectivity index (χ0v) is 17.2. The van der Waals surface area contributed by atoms with Gasteiger partial charge >= 0.3 is 0 Å². The lowest BCUT2D eigenvalue weighted by atomic mass is 9.99. The Kier molecular flexibility index (Phi) is 5.98. The quantitative estimate of drug-likeness (QED) is 0.513. The first-order valence-corrected chi connectivity index (χ1v) is 10.5. The second kappa shape index (κ2) is 8.99. The highest BCUT2D eigenvalue weighted by Gasteiger charge is 2.20. The molecule has 1 heterocycles. The van der Waals surface area contributed by atoms with E-state index in [0.717, 1.165) is 15.2 Å². The van der Waals surface area contributed by atoms with Gasteiger partial charge in [0, 0.05) is 18.2 Å². The summed E-state index contributed by atoms with van der Waals surface area (Å²) < 4.78 is 1.16. The van der Waals surface area contributed by atoms with Gasteiger partial charge in [0.1, 0.15) is 11.0 Å². The molecule has 1 amide bonds. The molecular formula is C24H24N3OS+. The van der Waals surface area contributed by atoms with Crippen LogP contribution in [-0.2, 0) is 11.3 Å². The average Bonchev–Trinajstić information content (AvgIpc) is 3.17. The molecule has 2 N–H and O–H groups in total. The molecule has 3 aromatic carbocycles. The molecule has 0 bridgehead atoms. The van der Waals surface area contributed by atoms with Gasteiger partial charge < -0.3 is 10.2 Å². The molecule has 0 unspecified atom stereocenters. The fraction of sp³-hybridized carbons (Fsp3) is 0.167. The molecule has 0 aliphatic carbocycles. The molecule has 0 radical (unpaired) electrons. The van der Waals surface area contributed by atoms with Crippen LogP contribution in [0.5, 0.6) is 0 Å². The van der Waals surface area contributed by atoms with Crippen molar-refractivity contribution in [1.82, 2.24) is 9.88 Å². The van der Waals surface area contributed by atoms with Gasteiger partial charge in [-0.05, 0) is 12.1 Å². The van der Waals surface area contributed by atoms with E-state index in [-0.39, 0.29) is 11.9 Å². The molecule has 4 nitrogen and oxygen atoms in total. The zero-order valence-electron chi connectivity index (χ0n) is 16.4. The first-order valence-electron chi connectivity index (χ1n) is 9.72. The summed E-state index contributed by atoms with van der Waals surface area (Å²) in [5, 5.41) is 3.08. The highest BCUT2D eigenvalue weighted by molar-refractivity contribution is 7.18. The van der Waals surface area contributed by atoms with Crippen LogP contribution in [0.25, 0.3) is 10.2 Å². The number of hydrogen-bond acceptors (Lipinski definition) is 3. The summed E-state index contributed by atoms with van der Waals surface area (Å²) in [5.41, 5.74) is 3.38. The van der Waals surface area contributed by atoms with E-state index in [4.69, 9.17) is 0 Å². The van der Waals surface area contributed by atoms with Gasteiger partial charge in [0.05, 0.1) is 16.8 Å². The number of likely N-dealkylation sites (N-methyl/N-ethyl adjacent to an activating group) is 1. The number of fused-ring (bicyclic) bond motifs is 1. The predicted molar refractivity (Wildman–Crippen MR) is 118 cm³/mol. The number of benzene rings is 3. The smallest absolute Gasteiger partial charge is 0.277 e. The van der Waals surface area contributed by atoms with Gasteiger partial charge in [-0.2, -0.15) is 0 Å². The summed E-state index contributed by atoms with van der Waals surface area (Å²) in [7, 11) is 1.85. The molecule has 4 rings (SSSR count). The molecular weight excluding hydrogens is 378 g/mol. The Morgan fingerprint density at radius 1 is 0.931 bits per heavy atom. The highest BCUT2D eigenvalue weighted by Crippen LogP contribution is 2.22. The summed E-state index contributed by atoms with van der Waals surface area (Å²) in [6.07, 6.45) is 0. The van der Waals surface area contributed by atoms with Crippen molar-refractivity contribution < 1.29 is 10.1 Å². The largest absolute Gasteiger partial charge is 0.334 e. The first kappa shape index (κ1) is 19.3. The van der Waals surface area contributed by atoms with Crippen LogP contribution in [0, 0.1) is 0 Å². The van der Waals surface area contributed by atoms with Crippen LogP contribution in [0.4, 0.5) is 0 Å². The fourth-order valence-corrected chi connectivity index (χ4v) is 4.46. The number of carbonyl (C=O) groups excluding carboxylic acids is 1. The van der Waals surface area contributed by atoms with E-state index in [1.165, 1.54) is 11.1 Å². The van der Waals surface area contributed by atoms with Crippen molar-refractivity contribution in [2.75, 3.05) is 13.6 Å². The van der Waals surface area contributed by atoms with Crippen LogP contribution in [0.2, 0.25) is 0 Å². The Morgan fingerprint density at radius 2 is 1.52 bits per heavy atom. The number of rotatable bonds is 7. The van der Waals surface area contributed by atoms with Crippen molar-refractivity contribution in [3.63, 3.8) is 0 Å². The SMILES string of the molecule is CN(Cc1nc2ccccc2s1)C(=O)C[NH2+]C(c1ccccc1)c1ccccc1. The zero-order chi connectivity index (χ0) is 20.1. The maximum absolute atomic E-state index is 12.8. The van der Waals surface area contributed by atoms with E-state index >= 15 is 0 Å². The van der Waals surface area contributed by atoms with E-state index in [1.54, 1.807) is 16.2 Å². The number of aromatic nitrogens is 1. The second-order valence-corrected chi connectivity index (χ2v) is 8.18. The molecule has 146 valence electrons. The molecule has 0 aliphatic rings. The van der Waals surface area contributed by atoms with Gasteiger partial charge in [-0.3, -0.25) is 4.79 Å². The maximum Gasteiger partial charge on any atom is 0.277 e. The number of para-hydroxylation sites is 1. The lowest BCUT2D eigenvalue weighted by Gasteiger charge is -2.19.